The maximum absolute atomic E-state index is 5.54. The molecule has 0 spiro atoms. The molecule has 3 N–H and O–H groups in total. The molecule has 0 heterocycles. The van der Waals surface area contributed by atoms with Crippen LogP contribution in [0.5, 0.6) is 0 Å². The van der Waals surface area contributed by atoms with Gasteiger partial charge in [0.15, 0.2) is 0 Å². The van der Waals surface area contributed by atoms with Crippen molar-refractivity contribution in [1.82, 2.24) is 5.43 Å². The van der Waals surface area contributed by atoms with Crippen LogP contribution in [-0.2, 0) is 6.42 Å². The van der Waals surface area contributed by atoms with E-state index in [1.54, 1.807) is 0 Å². The van der Waals surface area contributed by atoms with Crippen LogP contribution in [0, 0.1) is 11.8 Å². The predicted octanol–water partition coefficient (Wildman–Crippen LogP) is 2.64. The molecule has 1 rings (SSSR count). The van der Waals surface area contributed by atoms with Gasteiger partial charge in [0.2, 0.25) is 0 Å². The Hall–Kier alpha value is -1.30. The summed E-state index contributed by atoms with van der Waals surface area (Å²) in [5.74, 6) is 11.5. The molecule has 1 unspecified atom stereocenters. The SMILES string of the molecule is CC#CCCC(CCCc1ccccc1)NN. The zero-order valence-electron chi connectivity index (χ0n) is 10.6. The van der Waals surface area contributed by atoms with Gasteiger partial charge in [-0.05, 0) is 38.2 Å². The Morgan fingerprint density at radius 1 is 1.24 bits per heavy atom. The number of aryl methyl sites for hydroxylation is 1. The Morgan fingerprint density at radius 3 is 2.65 bits per heavy atom. The van der Waals surface area contributed by atoms with Gasteiger partial charge in [-0.2, -0.15) is 0 Å². The lowest BCUT2D eigenvalue weighted by atomic mass is 10.0. The molecule has 2 nitrogen and oxygen atoms in total. The lowest BCUT2D eigenvalue weighted by Crippen LogP contribution is -2.35. The third kappa shape index (κ3) is 6.11. The van der Waals surface area contributed by atoms with E-state index >= 15 is 0 Å². The van der Waals surface area contributed by atoms with Crippen molar-refractivity contribution >= 4 is 0 Å². The van der Waals surface area contributed by atoms with Gasteiger partial charge in [0.1, 0.15) is 0 Å². The molecule has 0 saturated heterocycles. The fourth-order valence-corrected chi connectivity index (χ4v) is 1.88. The quantitative estimate of drug-likeness (QED) is 0.429. The molecule has 0 amide bonds. The molecule has 0 radical (unpaired) electrons. The first kappa shape index (κ1) is 13.8. The van der Waals surface area contributed by atoms with Gasteiger partial charge in [0.05, 0.1) is 0 Å². The van der Waals surface area contributed by atoms with Crippen molar-refractivity contribution in [1.29, 1.82) is 0 Å². The van der Waals surface area contributed by atoms with E-state index in [1.807, 2.05) is 6.92 Å². The summed E-state index contributed by atoms with van der Waals surface area (Å²) in [7, 11) is 0. The number of hydrazine groups is 1. The molecule has 0 saturated carbocycles. The summed E-state index contributed by atoms with van der Waals surface area (Å²) in [6.45, 7) is 1.88. The molecule has 0 bridgehead atoms. The summed E-state index contributed by atoms with van der Waals surface area (Å²) in [5, 5.41) is 0. The zero-order valence-corrected chi connectivity index (χ0v) is 10.6. The summed E-state index contributed by atoms with van der Waals surface area (Å²) in [6, 6.07) is 11.0. The van der Waals surface area contributed by atoms with Crippen molar-refractivity contribution in [3.63, 3.8) is 0 Å². The molecule has 1 aromatic rings. The second kappa shape index (κ2) is 8.81. The van der Waals surface area contributed by atoms with Crippen LogP contribution < -0.4 is 11.3 Å². The highest BCUT2D eigenvalue weighted by atomic mass is 15.2. The normalized spacial score (nSPS) is 11.6. The van der Waals surface area contributed by atoms with E-state index in [-0.39, 0.29) is 0 Å². The molecule has 17 heavy (non-hydrogen) atoms. The van der Waals surface area contributed by atoms with Crippen LogP contribution in [0.15, 0.2) is 30.3 Å². The molecular weight excluding hydrogens is 208 g/mol. The van der Waals surface area contributed by atoms with Gasteiger partial charge < -0.3 is 0 Å². The second-order valence-electron chi connectivity index (χ2n) is 4.21. The Kier molecular flexibility index (Phi) is 7.13. The Labute approximate surface area is 105 Å². The van der Waals surface area contributed by atoms with E-state index in [0.717, 1.165) is 25.7 Å². The standard InChI is InChI=1S/C15H22N2/c1-2-3-5-12-15(17-16)13-8-11-14-9-6-4-7-10-14/h4,6-7,9-10,15,17H,5,8,11-13,16H2,1H3. The Bertz CT molecular complexity index is 348. The molecule has 0 aromatic heterocycles. The lowest BCUT2D eigenvalue weighted by Gasteiger charge is -2.14. The van der Waals surface area contributed by atoms with E-state index < -0.39 is 0 Å². The van der Waals surface area contributed by atoms with E-state index in [2.05, 4.69) is 47.6 Å². The van der Waals surface area contributed by atoms with Gasteiger partial charge in [0, 0.05) is 12.5 Å². The first-order chi connectivity index (χ1) is 8.36. The molecule has 0 aliphatic heterocycles. The van der Waals surface area contributed by atoms with Crippen molar-refractivity contribution in [2.45, 2.75) is 45.1 Å². The molecule has 2 heteroatoms. The summed E-state index contributed by atoms with van der Waals surface area (Å²) in [5.41, 5.74) is 4.28. The fourth-order valence-electron chi connectivity index (χ4n) is 1.88. The highest BCUT2D eigenvalue weighted by Crippen LogP contribution is 2.09. The molecule has 1 aromatic carbocycles. The van der Waals surface area contributed by atoms with Crippen molar-refractivity contribution in [2.24, 2.45) is 5.84 Å². The first-order valence-electron chi connectivity index (χ1n) is 6.26. The van der Waals surface area contributed by atoms with Crippen molar-refractivity contribution < 1.29 is 0 Å². The monoisotopic (exact) mass is 230 g/mol. The number of nitrogens with two attached hydrogens (primary N) is 1. The molecule has 0 fully saturated rings. The third-order valence-corrected chi connectivity index (χ3v) is 2.89. The molecule has 0 aliphatic rings. The summed E-state index contributed by atoms with van der Waals surface area (Å²) in [4.78, 5) is 0. The van der Waals surface area contributed by atoms with Crippen molar-refractivity contribution in [3.8, 4) is 11.8 Å². The van der Waals surface area contributed by atoms with E-state index in [4.69, 9.17) is 5.84 Å². The molecule has 92 valence electrons. The first-order valence-corrected chi connectivity index (χ1v) is 6.26. The number of benzene rings is 1. The van der Waals surface area contributed by atoms with Gasteiger partial charge in [-0.3, -0.25) is 11.3 Å². The molecule has 1 atom stereocenters. The van der Waals surface area contributed by atoms with Gasteiger partial charge in [0.25, 0.3) is 0 Å². The highest BCUT2D eigenvalue weighted by Gasteiger charge is 2.05. The van der Waals surface area contributed by atoms with Crippen LogP contribution in [0.4, 0.5) is 0 Å². The topological polar surface area (TPSA) is 38.0 Å². The summed E-state index contributed by atoms with van der Waals surface area (Å²) in [6.07, 6.45) is 5.36. The Morgan fingerprint density at radius 2 is 2.00 bits per heavy atom. The van der Waals surface area contributed by atoms with Crippen LogP contribution in [0.25, 0.3) is 0 Å². The molecular formula is C15H22N2. The van der Waals surface area contributed by atoms with Crippen LogP contribution in [-0.4, -0.2) is 6.04 Å². The number of hydrogen-bond acceptors (Lipinski definition) is 2. The minimum absolute atomic E-state index is 0.388. The number of nitrogens with one attached hydrogen (secondary N) is 1. The van der Waals surface area contributed by atoms with Gasteiger partial charge >= 0.3 is 0 Å². The maximum Gasteiger partial charge on any atom is 0.0219 e. The lowest BCUT2D eigenvalue weighted by molar-refractivity contribution is 0.456. The fraction of sp³-hybridized carbons (Fsp3) is 0.467. The predicted molar refractivity (Wildman–Crippen MR) is 73.2 cm³/mol. The average molecular weight is 230 g/mol. The van der Waals surface area contributed by atoms with Gasteiger partial charge in [-0.15, -0.1) is 11.8 Å². The Balaban J connectivity index is 2.20. The number of rotatable bonds is 7. The highest BCUT2D eigenvalue weighted by molar-refractivity contribution is 5.14. The van der Waals surface area contributed by atoms with E-state index in [9.17, 15) is 0 Å². The van der Waals surface area contributed by atoms with Crippen molar-refractivity contribution in [2.75, 3.05) is 0 Å². The average Bonchev–Trinajstić information content (AvgIpc) is 2.38. The van der Waals surface area contributed by atoms with Crippen LogP contribution in [0.3, 0.4) is 0 Å². The van der Waals surface area contributed by atoms with Gasteiger partial charge in [-0.1, -0.05) is 30.3 Å². The second-order valence-corrected chi connectivity index (χ2v) is 4.21. The number of hydrogen-bond donors (Lipinski definition) is 2. The van der Waals surface area contributed by atoms with Gasteiger partial charge in [-0.25, -0.2) is 0 Å². The summed E-state index contributed by atoms with van der Waals surface area (Å²) < 4.78 is 0. The summed E-state index contributed by atoms with van der Waals surface area (Å²) >= 11 is 0. The minimum Gasteiger partial charge on any atom is -0.271 e. The van der Waals surface area contributed by atoms with E-state index in [1.165, 1.54) is 12.0 Å². The molecule has 0 aliphatic carbocycles. The van der Waals surface area contributed by atoms with Crippen LogP contribution >= 0.6 is 0 Å². The van der Waals surface area contributed by atoms with Crippen LogP contribution in [0.1, 0.15) is 38.2 Å². The minimum atomic E-state index is 0.388. The van der Waals surface area contributed by atoms with Crippen LogP contribution in [0.2, 0.25) is 0 Å². The van der Waals surface area contributed by atoms with E-state index in [0.29, 0.717) is 6.04 Å². The maximum atomic E-state index is 5.54. The zero-order chi connectivity index (χ0) is 12.3. The smallest absolute Gasteiger partial charge is 0.0219 e. The third-order valence-electron chi connectivity index (χ3n) is 2.89. The largest absolute Gasteiger partial charge is 0.271 e. The van der Waals surface area contributed by atoms with Crippen molar-refractivity contribution in [3.05, 3.63) is 35.9 Å².